The molecule has 3 aromatic rings. The number of hydrogen-bond donors (Lipinski definition) is 1. The number of aryl methyl sites for hydroxylation is 2. The molecule has 1 aromatic heterocycles. The molecular weight excluding hydrogens is 442 g/mol. The van der Waals surface area contributed by atoms with Gasteiger partial charge >= 0.3 is 0 Å². The third kappa shape index (κ3) is 4.76. The Morgan fingerprint density at radius 2 is 2.00 bits per heavy atom. The van der Waals surface area contributed by atoms with Crippen LogP contribution in [0.2, 0.25) is 0 Å². The molecule has 0 saturated carbocycles. The van der Waals surface area contributed by atoms with E-state index in [4.69, 9.17) is 14.9 Å². The van der Waals surface area contributed by atoms with Crippen molar-refractivity contribution < 1.29 is 14.3 Å². The number of hydrogen-bond acceptors (Lipinski definition) is 8. The zero-order valence-corrected chi connectivity index (χ0v) is 19.7. The minimum atomic E-state index is -0.650. The monoisotopic (exact) mass is 465 g/mol. The van der Waals surface area contributed by atoms with Crippen LogP contribution in [0.15, 0.2) is 47.4 Å². The van der Waals surface area contributed by atoms with E-state index in [2.05, 4.69) is 16.3 Å². The summed E-state index contributed by atoms with van der Waals surface area (Å²) in [7, 11) is 1.59. The summed E-state index contributed by atoms with van der Waals surface area (Å²) < 4.78 is 11.5. The summed E-state index contributed by atoms with van der Waals surface area (Å²) in [6, 6.07) is 13.7. The number of ketones is 1. The van der Waals surface area contributed by atoms with E-state index in [9.17, 15) is 4.79 Å². The Hall–Kier alpha value is -2.97. The molecule has 0 spiro atoms. The van der Waals surface area contributed by atoms with Crippen molar-refractivity contribution in [1.29, 1.82) is 5.41 Å². The van der Waals surface area contributed by atoms with Gasteiger partial charge in [-0.25, -0.2) is 0 Å². The Morgan fingerprint density at radius 1 is 1.16 bits per heavy atom. The molecule has 2 heterocycles. The molecular formula is C24H23N3O3S2. The smallest absolute Gasteiger partial charge is 0.186 e. The molecule has 164 valence electrons. The lowest BCUT2D eigenvalue weighted by Gasteiger charge is -2.12. The molecule has 1 atom stereocenters. The van der Waals surface area contributed by atoms with Crippen LogP contribution in [0.25, 0.3) is 6.08 Å². The maximum Gasteiger partial charge on any atom is 0.186 e. The second-order valence-corrected chi connectivity index (χ2v) is 9.53. The molecule has 1 N–H and O–H groups in total. The Bertz CT molecular complexity index is 1200. The number of rotatable bonds is 7. The first-order valence-electron chi connectivity index (χ1n) is 10.2. The summed E-state index contributed by atoms with van der Waals surface area (Å²) in [5, 5.41) is 18.3. The van der Waals surface area contributed by atoms with Gasteiger partial charge in [0.05, 0.1) is 17.1 Å². The maximum atomic E-state index is 13.0. The fourth-order valence-corrected chi connectivity index (χ4v) is 5.30. The Labute approximate surface area is 195 Å². The van der Waals surface area contributed by atoms with Gasteiger partial charge in [-0.15, -0.1) is 21.5 Å². The molecule has 1 saturated heterocycles. The zero-order valence-electron chi connectivity index (χ0n) is 18.0. The fraction of sp³-hybridized carbons (Fsp3) is 0.250. The number of allylic oxidation sites excluding steroid dienone is 1. The molecule has 1 fully saturated rings. The molecule has 6 nitrogen and oxygen atoms in total. The first-order chi connectivity index (χ1) is 15.5. The van der Waals surface area contributed by atoms with Crippen LogP contribution in [-0.2, 0) is 17.8 Å². The summed E-state index contributed by atoms with van der Waals surface area (Å²) in [4.78, 5) is 13.5. The summed E-state index contributed by atoms with van der Waals surface area (Å²) in [6.07, 6.45) is 2.55. The standard InChI is InChI=1S/C24H23N3O3S2/c1-4-20-26-27-24(32-20)21-22(28)19(31-23(21)25)12-15-8-9-17(18(11-15)29-3)30-13-16-7-5-6-14(2)10-16/h5-12,21,25H,4,13H2,1-3H3/b19-12-,25-23?/t21-/m0/s1. The highest BCUT2D eigenvalue weighted by molar-refractivity contribution is 8.19. The number of benzene rings is 2. The van der Waals surface area contributed by atoms with E-state index in [1.807, 2.05) is 50.2 Å². The minimum absolute atomic E-state index is 0.113. The molecule has 2 aromatic carbocycles. The van der Waals surface area contributed by atoms with Crippen molar-refractivity contribution in [3.8, 4) is 11.5 Å². The van der Waals surface area contributed by atoms with Crippen molar-refractivity contribution in [3.05, 3.63) is 74.1 Å². The van der Waals surface area contributed by atoms with Gasteiger partial charge in [-0.2, -0.15) is 0 Å². The van der Waals surface area contributed by atoms with E-state index in [-0.39, 0.29) is 10.8 Å². The number of nitrogens with zero attached hydrogens (tertiary/aromatic N) is 2. The number of methoxy groups -OCH3 is 1. The maximum absolute atomic E-state index is 13.0. The number of thioether (sulfide) groups is 1. The molecule has 8 heteroatoms. The van der Waals surface area contributed by atoms with Crippen LogP contribution >= 0.6 is 23.1 Å². The Kier molecular flexibility index (Phi) is 6.72. The second-order valence-electron chi connectivity index (χ2n) is 7.35. The van der Waals surface area contributed by atoms with Crippen molar-refractivity contribution in [2.75, 3.05) is 7.11 Å². The molecule has 0 radical (unpaired) electrons. The molecule has 1 aliphatic heterocycles. The Morgan fingerprint density at radius 3 is 2.72 bits per heavy atom. The zero-order chi connectivity index (χ0) is 22.7. The average Bonchev–Trinajstić information content (AvgIpc) is 3.36. The number of ether oxygens (including phenoxy) is 2. The van der Waals surface area contributed by atoms with Crippen LogP contribution in [0, 0.1) is 12.3 Å². The van der Waals surface area contributed by atoms with E-state index < -0.39 is 5.92 Å². The van der Waals surface area contributed by atoms with E-state index in [0.717, 1.165) is 22.6 Å². The predicted molar refractivity (Wildman–Crippen MR) is 129 cm³/mol. The van der Waals surface area contributed by atoms with Gasteiger partial charge in [0.1, 0.15) is 22.5 Å². The third-order valence-corrected chi connectivity index (χ3v) is 7.11. The molecule has 32 heavy (non-hydrogen) atoms. The van der Waals surface area contributed by atoms with E-state index in [0.29, 0.717) is 28.0 Å². The van der Waals surface area contributed by atoms with Crippen LogP contribution < -0.4 is 9.47 Å². The quantitative estimate of drug-likeness (QED) is 0.469. The van der Waals surface area contributed by atoms with E-state index in [1.165, 1.54) is 28.7 Å². The van der Waals surface area contributed by atoms with Gasteiger partial charge in [-0.05, 0) is 42.7 Å². The van der Waals surface area contributed by atoms with E-state index >= 15 is 0 Å². The van der Waals surface area contributed by atoms with Crippen LogP contribution in [-0.4, -0.2) is 28.1 Å². The van der Waals surface area contributed by atoms with Gasteiger partial charge in [0.25, 0.3) is 0 Å². The first-order valence-corrected chi connectivity index (χ1v) is 11.8. The number of Topliss-reactive ketones (excluding diaryl/α,β-unsaturated/α-hetero) is 1. The predicted octanol–water partition coefficient (Wildman–Crippen LogP) is 5.41. The minimum Gasteiger partial charge on any atom is -0.493 e. The van der Waals surface area contributed by atoms with Crippen molar-refractivity contribution in [1.82, 2.24) is 10.2 Å². The SMILES string of the molecule is CCc1nnc([C@@H]2C(=N)S/C(=C\c3ccc(OCc4cccc(C)c4)c(OC)c3)C2=O)s1. The topological polar surface area (TPSA) is 85.2 Å². The summed E-state index contributed by atoms with van der Waals surface area (Å²) in [6.45, 7) is 4.48. The van der Waals surface area contributed by atoms with Crippen molar-refractivity contribution in [2.45, 2.75) is 32.8 Å². The molecule has 1 aliphatic rings. The van der Waals surface area contributed by atoms with Crippen LogP contribution in [0.5, 0.6) is 11.5 Å². The van der Waals surface area contributed by atoms with Crippen molar-refractivity contribution in [2.24, 2.45) is 0 Å². The van der Waals surface area contributed by atoms with Gasteiger partial charge < -0.3 is 9.47 Å². The highest BCUT2D eigenvalue weighted by Crippen LogP contribution is 2.42. The molecule has 0 aliphatic carbocycles. The number of carbonyl (C=O) groups is 1. The van der Waals surface area contributed by atoms with Gasteiger partial charge in [-0.3, -0.25) is 10.2 Å². The normalized spacial score (nSPS) is 17.2. The Balaban J connectivity index is 1.52. The van der Waals surface area contributed by atoms with Crippen LogP contribution in [0.3, 0.4) is 0 Å². The van der Waals surface area contributed by atoms with Crippen LogP contribution in [0.4, 0.5) is 0 Å². The van der Waals surface area contributed by atoms with Crippen molar-refractivity contribution in [3.63, 3.8) is 0 Å². The second kappa shape index (κ2) is 9.67. The lowest BCUT2D eigenvalue weighted by Crippen LogP contribution is -2.11. The summed E-state index contributed by atoms with van der Waals surface area (Å²) in [5.41, 5.74) is 3.07. The van der Waals surface area contributed by atoms with Crippen LogP contribution in [0.1, 0.15) is 39.5 Å². The van der Waals surface area contributed by atoms with Gasteiger partial charge in [-0.1, -0.05) is 54.6 Å². The lowest BCUT2D eigenvalue weighted by molar-refractivity contribution is -0.114. The average molecular weight is 466 g/mol. The number of nitrogens with one attached hydrogen (secondary N) is 1. The highest BCUT2D eigenvalue weighted by atomic mass is 32.2. The number of aromatic nitrogens is 2. The summed E-state index contributed by atoms with van der Waals surface area (Å²) >= 11 is 2.57. The van der Waals surface area contributed by atoms with Gasteiger partial charge in [0.15, 0.2) is 17.3 Å². The van der Waals surface area contributed by atoms with Gasteiger partial charge in [0, 0.05) is 0 Å². The fourth-order valence-electron chi connectivity index (χ4n) is 3.35. The largest absolute Gasteiger partial charge is 0.493 e. The highest BCUT2D eigenvalue weighted by Gasteiger charge is 2.39. The van der Waals surface area contributed by atoms with E-state index in [1.54, 1.807) is 13.2 Å². The number of carbonyl (C=O) groups excluding carboxylic acids is 1. The lowest BCUT2D eigenvalue weighted by atomic mass is 10.1. The van der Waals surface area contributed by atoms with Gasteiger partial charge in [0.2, 0.25) is 0 Å². The molecule has 0 bridgehead atoms. The molecule has 0 unspecified atom stereocenters. The molecule has 4 rings (SSSR count). The molecule has 0 amide bonds. The third-order valence-electron chi connectivity index (χ3n) is 4.98. The first kappa shape index (κ1) is 22.2. The van der Waals surface area contributed by atoms with Crippen molar-refractivity contribution >= 4 is 40.0 Å². The summed E-state index contributed by atoms with van der Waals surface area (Å²) in [5.74, 6) is 0.458.